The number of fused-ring (bicyclic) bond motifs is 1. The van der Waals surface area contributed by atoms with Crippen LogP contribution in [-0.4, -0.2) is 126 Å². The number of carbonyl (C=O) groups excluding carboxylic acids is 3. The van der Waals surface area contributed by atoms with Crippen molar-refractivity contribution in [3.63, 3.8) is 0 Å². The van der Waals surface area contributed by atoms with Crippen molar-refractivity contribution in [3.05, 3.63) is 72.3 Å². The van der Waals surface area contributed by atoms with Gasteiger partial charge in [0.15, 0.2) is 0 Å². The van der Waals surface area contributed by atoms with Crippen LogP contribution in [0.1, 0.15) is 105 Å². The van der Waals surface area contributed by atoms with E-state index in [9.17, 15) is 14.4 Å². The zero-order valence-electron chi connectivity index (χ0n) is 37.1. The van der Waals surface area contributed by atoms with Gasteiger partial charge >= 0.3 is 12.1 Å². The number of urea groups is 2. The van der Waals surface area contributed by atoms with E-state index in [1.807, 2.05) is 77.1 Å². The van der Waals surface area contributed by atoms with Gasteiger partial charge in [-0.15, -0.1) is 0 Å². The van der Waals surface area contributed by atoms with Crippen LogP contribution in [0.2, 0.25) is 0 Å². The number of piperidine rings is 1. The van der Waals surface area contributed by atoms with Gasteiger partial charge in [0.25, 0.3) is 0 Å². The molecule has 0 bridgehead atoms. The molecule has 1 aliphatic carbocycles. The molecule has 3 aromatic carbocycles. The Kier molecular flexibility index (Phi) is 19.0. The first-order chi connectivity index (χ1) is 28.0. The summed E-state index contributed by atoms with van der Waals surface area (Å²) in [5, 5.41) is 8.37. The molecule has 0 radical (unpaired) electrons. The summed E-state index contributed by atoms with van der Waals surface area (Å²) in [6, 6.07) is 22.9. The van der Waals surface area contributed by atoms with Crippen LogP contribution in [0.4, 0.5) is 21.0 Å². The van der Waals surface area contributed by atoms with E-state index in [0.29, 0.717) is 32.2 Å². The van der Waals surface area contributed by atoms with Crippen molar-refractivity contribution in [1.29, 1.82) is 0 Å². The predicted octanol–water partition coefficient (Wildman–Crippen LogP) is 8.70. The summed E-state index contributed by atoms with van der Waals surface area (Å²) in [6.07, 6.45) is 11.1. The topological polar surface area (TPSA) is 123 Å². The van der Waals surface area contributed by atoms with E-state index in [-0.39, 0.29) is 28.9 Å². The Labute approximate surface area is 355 Å². The van der Waals surface area contributed by atoms with E-state index >= 15 is 0 Å². The maximum Gasteiger partial charge on any atom is 0.321 e. The average molecular weight is 814 g/mol. The Balaban J connectivity index is 0.000000247. The quantitative estimate of drug-likeness (QED) is 0.258. The molecule has 3 heterocycles. The molecule has 1 unspecified atom stereocenters. The van der Waals surface area contributed by atoms with Gasteiger partial charge in [0, 0.05) is 69.8 Å². The van der Waals surface area contributed by atoms with Crippen molar-refractivity contribution in [2.45, 2.75) is 111 Å². The first-order valence-electron chi connectivity index (χ1n) is 22.5. The zero-order valence-corrected chi connectivity index (χ0v) is 37.1. The molecule has 3 aliphatic heterocycles. The number of rotatable bonds is 6. The minimum Gasteiger partial charge on any atom is -0.412 e. The third-order valence-corrected chi connectivity index (χ3v) is 12.4. The maximum atomic E-state index is 12.8. The van der Waals surface area contributed by atoms with Gasteiger partial charge in [-0.1, -0.05) is 96.3 Å². The van der Waals surface area contributed by atoms with Crippen molar-refractivity contribution in [2.75, 3.05) is 82.6 Å². The summed E-state index contributed by atoms with van der Waals surface area (Å²) in [7, 11) is 0. The molecule has 3 saturated heterocycles. The second-order valence-electron chi connectivity index (χ2n) is 17.5. The second-order valence-corrected chi connectivity index (χ2v) is 17.5. The highest BCUT2D eigenvalue weighted by atomic mass is 16.2. The van der Waals surface area contributed by atoms with E-state index in [4.69, 9.17) is 0 Å². The van der Waals surface area contributed by atoms with Crippen LogP contribution >= 0.6 is 0 Å². The smallest absolute Gasteiger partial charge is 0.321 e. The third-order valence-electron chi connectivity index (χ3n) is 12.4. The lowest BCUT2D eigenvalue weighted by molar-refractivity contribution is -0.132. The number of nitrogens with one attached hydrogen (secondary N) is 2. The van der Waals surface area contributed by atoms with Gasteiger partial charge in [0.05, 0.1) is 6.54 Å². The molecule has 3 aromatic rings. The van der Waals surface area contributed by atoms with Crippen molar-refractivity contribution < 1.29 is 19.9 Å². The number of hydrogen-bond acceptors (Lipinski definition) is 5. The summed E-state index contributed by atoms with van der Waals surface area (Å²) in [6.45, 7) is 21.9. The molecule has 11 nitrogen and oxygen atoms in total. The molecular weight excluding hydrogens is 739 g/mol. The zero-order chi connectivity index (χ0) is 41.5. The van der Waals surface area contributed by atoms with Gasteiger partial charge in [-0.3, -0.25) is 14.6 Å². The normalized spacial score (nSPS) is 18.8. The Morgan fingerprint density at radius 2 is 1.15 bits per heavy atom. The molecule has 0 spiro atoms. The standard InChI is InChI=1S/C23H30N4O2.C23H37N3O.C2H6.H2O/c28-22(18-25-11-4-1-5-12-25)26-13-6-14-27(16-15-26)23(29)24-21-10-9-19-7-2-3-8-20(19)17-21;1-18(19-8-5-6-9-19)25-14-7-15-26(17-16-25)22(27)24-21-12-10-20(11-13-21)23(2,3)4;1-2;/h2-3,7-10,17H,1,4-6,11-16,18H2,(H,24,29);10-13,18-19H,5-9,14-17H2,1-4H3,(H,24,27);1-2H3;1H2. The van der Waals surface area contributed by atoms with Crippen LogP contribution in [0.25, 0.3) is 10.8 Å². The van der Waals surface area contributed by atoms with E-state index in [0.717, 1.165) is 86.7 Å². The first-order valence-corrected chi connectivity index (χ1v) is 22.5. The summed E-state index contributed by atoms with van der Waals surface area (Å²) in [4.78, 5) is 48.8. The highest BCUT2D eigenvalue weighted by Crippen LogP contribution is 2.31. The average Bonchev–Trinajstić information content (AvgIpc) is 3.50. The van der Waals surface area contributed by atoms with Crippen molar-refractivity contribution in [2.24, 2.45) is 5.92 Å². The SMILES string of the molecule is CC.CC(C1CCCC1)N1CCCN(C(=O)Nc2ccc(C(C)(C)C)cc2)CC1.O.O=C(CN1CCCCC1)N1CCCN(C(=O)Nc2ccc3ccccc3c2)CC1. The molecule has 1 saturated carbocycles. The molecule has 4 N–H and O–H groups in total. The second kappa shape index (κ2) is 23.6. The van der Waals surface area contributed by atoms with Crippen LogP contribution in [0.3, 0.4) is 0 Å². The number of amides is 5. The summed E-state index contributed by atoms with van der Waals surface area (Å²) in [5.74, 6) is 1.05. The molecule has 11 heteroatoms. The van der Waals surface area contributed by atoms with Crippen LogP contribution in [0, 0.1) is 5.92 Å². The van der Waals surface area contributed by atoms with Crippen LogP contribution in [-0.2, 0) is 10.2 Å². The minimum absolute atomic E-state index is 0. The molecule has 0 aromatic heterocycles. The molecule has 4 fully saturated rings. The fourth-order valence-electron chi connectivity index (χ4n) is 8.79. The molecule has 59 heavy (non-hydrogen) atoms. The lowest BCUT2D eigenvalue weighted by Crippen LogP contribution is -2.44. The Hall–Kier alpha value is -4.19. The summed E-state index contributed by atoms with van der Waals surface area (Å²) >= 11 is 0. The molecule has 1 atom stereocenters. The highest BCUT2D eigenvalue weighted by Gasteiger charge is 2.29. The molecule has 7 rings (SSSR count). The Morgan fingerprint density at radius 3 is 1.80 bits per heavy atom. The van der Waals surface area contributed by atoms with Gasteiger partial charge in [-0.25, -0.2) is 9.59 Å². The summed E-state index contributed by atoms with van der Waals surface area (Å²) < 4.78 is 0. The van der Waals surface area contributed by atoms with Crippen LogP contribution < -0.4 is 10.6 Å². The Bertz CT molecular complexity index is 1730. The fourth-order valence-corrected chi connectivity index (χ4v) is 8.79. The van der Waals surface area contributed by atoms with Gasteiger partial charge in [0.1, 0.15) is 0 Å². The van der Waals surface area contributed by atoms with E-state index in [1.165, 1.54) is 50.5 Å². The molecular formula is C48H75N7O4. The number of carbonyl (C=O) groups is 3. The van der Waals surface area contributed by atoms with Gasteiger partial charge in [0.2, 0.25) is 5.91 Å². The van der Waals surface area contributed by atoms with Crippen molar-refractivity contribution in [3.8, 4) is 0 Å². The number of anilines is 2. The van der Waals surface area contributed by atoms with Crippen LogP contribution in [0.15, 0.2) is 66.7 Å². The first kappa shape index (κ1) is 47.5. The largest absolute Gasteiger partial charge is 0.412 e. The monoisotopic (exact) mass is 814 g/mol. The third kappa shape index (κ3) is 14.2. The molecule has 5 amide bonds. The Morgan fingerprint density at radius 1 is 0.610 bits per heavy atom. The highest BCUT2D eigenvalue weighted by molar-refractivity contribution is 5.93. The van der Waals surface area contributed by atoms with E-state index < -0.39 is 0 Å². The lowest BCUT2D eigenvalue weighted by Gasteiger charge is -2.32. The van der Waals surface area contributed by atoms with Gasteiger partial charge in [-0.05, 0) is 110 Å². The van der Waals surface area contributed by atoms with Gasteiger partial charge in [-0.2, -0.15) is 0 Å². The van der Waals surface area contributed by atoms with E-state index in [2.05, 4.69) is 66.3 Å². The van der Waals surface area contributed by atoms with E-state index in [1.54, 1.807) is 0 Å². The maximum absolute atomic E-state index is 12.8. The van der Waals surface area contributed by atoms with Crippen molar-refractivity contribution >= 4 is 40.1 Å². The lowest BCUT2D eigenvalue weighted by atomic mass is 9.87. The van der Waals surface area contributed by atoms with Crippen molar-refractivity contribution in [1.82, 2.24) is 24.5 Å². The number of benzene rings is 3. The number of nitrogens with zero attached hydrogens (tertiary/aromatic N) is 5. The molecule has 4 aliphatic rings. The summed E-state index contributed by atoms with van der Waals surface area (Å²) in [5.41, 5.74) is 3.10. The molecule has 326 valence electrons. The van der Waals surface area contributed by atoms with Gasteiger partial charge < -0.3 is 30.8 Å². The number of hydrogen-bond donors (Lipinski definition) is 2. The fraction of sp³-hybridized carbons (Fsp3) is 0.604. The predicted molar refractivity (Wildman–Crippen MR) is 244 cm³/mol. The van der Waals surface area contributed by atoms with Crippen LogP contribution in [0.5, 0.6) is 0 Å². The minimum atomic E-state index is -0.0920. The number of likely N-dealkylation sites (tertiary alicyclic amines) is 1.